The standard InChI is InChI=1S/C25H28N4O5S/c1-3-12-32-19-9-7-18(8-10-19)29-23(30)14-22(24(29)31)35-25(26)28-27-16(2)4-5-17-6-11-20-21(13-17)34-15-33-20/h6-11,13,22H,3-5,12,14-15H2,1-2H3,(H2,26,28)/t22-/m0/s1. The molecular formula is C25H28N4O5S. The van der Waals surface area contributed by atoms with E-state index in [0.29, 0.717) is 24.5 Å². The molecule has 0 unspecified atom stereocenters. The number of benzene rings is 2. The molecule has 0 radical (unpaired) electrons. The highest BCUT2D eigenvalue weighted by molar-refractivity contribution is 8.14. The van der Waals surface area contributed by atoms with Crippen LogP contribution in [-0.2, 0) is 16.0 Å². The van der Waals surface area contributed by atoms with Crippen molar-refractivity contribution >= 4 is 40.1 Å². The Morgan fingerprint density at radius 3 is 2.69 bits per heavy atom. The molecule has 0 aliphatic carbocycles. The minimum atomic E-state index is -0.633. The topological polar surface area (TPSA) is 116 Å². The molecular weight excluding hydrogens is 468 g/mol. The van der Waals surface area contributed by atoms with Gasteiger partial charge in [0.25, 0.3) is 0 Å². The zero-order valence-corrected chi connectivity index (χ0v) is 20.5. The summed E-state index contributed by atoms with van der Waals surface area (Å²) in [7, 11) is 0. The predicted octanol–water partition coefficient (Wildman–Crippen LogP) is 3.89. The van der Waals surface area contributed by atoms with E-state index in [1.807, 2.05) is 32.0 Å². The molecule has 2 aliphatic rings. The van der Waals surface area contributed by atoms with Gasteiger partial charge in [0.2, 0.25) is 18.6 Å². The summed E-state index contributed by atoms with van der Waals surface area (Å²) >= 11 is 1.06. The van der Waals surface area contributed by atoms with E-state index >= 15 is 0 Å². The molecule has 2 aromatic rings. The van der Waals surface area contributed by atoms with E-state index in [2.05, 4.69) is 10.2 Å². The highest BCUT2D eigenvalue weighted by Gasteiger charge is 2.40. The van der Waals surface area contributed by atoms with Crippen LogP contribution in [0.15, 0.2) is 52.7 Å². The van der Waals surface area contributed by atoms with Crippen LogP contribution in [0.1, 0.15) is 38.7 Å². The van der Waals surface area contributed by atoms with Gasteiger partial charge in [-0.3, -0.25) is 9.59 Å². The van der Waals surface area contributed by atoms with Gasteiger partial charge in [0.1, 0.15) is 11.0 Å². The molecule has 2 aromatic carbocycles. The van der Waals surface area contributed by atoms with Crippen LogP contribution < -0.4 is 24.8 Å². The van der Waals surface area contributed by atoms with Crippen LogP contribution in [0.3, 0.4) is 0 Å². The zero-order chi connectivity index (χ0) is 24.8. The van der Waals surface area contributed by atoms with E-state index in [1.165, 1.54) is 4.90 Å². The van der Waals surface area contributed by atoms with Crippen LogP contribution in [-0.4, -0.2) is 41.3 Å². The molecule has 0 spiro atoms. The molecule has 2 aliphatic heterocycles. The Bertz CT molecular complexity index is 1150. The molecule has 1 atom stereocenters. The first-order valence-electron chi connectivity index (χ1n) is 11.5. The van der Waals surface area contributed by atoms with Crippen molar-refractivity contribution in [2.75, 3.05) is 18.3 Å². The number of hydrogen-bond donors (Lipinski definition) is 1. The number of imide groups is 1. The van der Waals surface area contributed by atoms with E-state index < -0.39 is 5.25 Å². The minimum Gasteiger partial charge on any atom is -0.494 e. The number of ether oxygens (including phenoxy) is 3. The summed E-state index contributed by atoms with van der Waals surface area (Å²) in [5.41, 5.74) is 8.42. The molecule has 2 N–H and O–H groups in total. The highest BCUT2D eigenvalue weighted by atomic mass is 32.2. The van der Waals surface area contributed by atoms with Gasteiger partial charge in [-0.1, -0.05) is 24.8 Å². The summed E-state index contributed by atoms with van der Waals surface area (Å²) < 4.78 is 16.3. The van der Waals surface area contributed by atoms with E-state index in [0.717, 1.165) is 47.4 Å². The van der Waals surface area contributed by atoms with Gasteiger partial charge in [0, 0.05) is 12.1 Å². The fourth-order valence-corrected chi connectivity index (χ4v) is 4.47. The second-order valence-electron chi connectivity index (χ2n) is 8.18. The Labute approximate surface area is 208 Å². The minimum absolute atomic E-state index is 0.0562. The smallest absolute Gasteiger partial charge is 0.247 e. The maximum atomic E-state index is 12.9. The van der Waals surface area contributed by atoms with Crippen LogP contribution in [0.2, 0.25) is 0 Å². The molecule has 184 valence electrons. The maximum absolute atomic E-state index is 12.9. The van der Waals surface area contributed by atoms with E-state index in [4.69, 9.17) is 19.9 Å². The molecule has 35 heavy (non-hydrogen) atoms. The summed E-state index contributed by atoms with van der Waals surface area (Å²) in [6.45, 7) is 4.75. The molecule has 10 heteroatoms. The van der Waals surface area contributed by atoms with E-state index in [9.17, 15) is 9.59 Å². The van der Waals surface area contributed by atoms with Crippen molar-refractivity contribution in [1.82, 2.24) is 0 Å². The van der Waals surface area contributed by atoms with Crippen LogP contribution in [0.25, 0.3) is 0 Å². The first kappa shape index (κ1) is 24.6. The summed E-state index contributed by atoms with van der Waals surface area (Å²) in [4.78, 5) is 26.6. The number of hydrogen-bond acceptors (Lipinski definition) is 8. The summed E-state index contributed by atoms with van der Waals surface area (Å²) in [5.74, 6) is 1.62. The van der Waals surface area contributed by atoms with Crippen molar-refractivity contribution in [3.05, 3.63) is 48.0 Å². The van der Waals surface area contributed by atoms with Crippen molar-refractivity contribution in [3.8, 4) is 17.2 Å². The molecule has 0 bridgehead atoms. The first-order chi connectivity index (χ1) is 16.9. The van der Waals surface area contributed by atoms with Gasteiger partial charge in [0.05, 0.1) is 12.3 Å². The van der Waals surface area contributed by atoms with E-state index in [-0.39, 0.29) is 30.2 Å². The lowest BCUT2D eigenvalue weighted by atomic mass is 10.1. The number of aryl methyl sites for hydroxylation is 1. The van der Waals surface area contributed by atoms with Gasteiger partial charge in [-0.2, -0.15) is 5.10 Å². The number of anilines is 1. The van der Waals surface area contributed by atoms with E-state index in [1.54, 1.807) is 24.3 Å². The van der Waals surface area contributed by atoms with Crippen LogP contribution in [0.4, 0.5) is 5.69 Å². The van der Waals surface area contributed by atoms with Gasteiger partial charge in [-0.15, -0.1) is 5.10 Å². The van der Waals surface area contributed by atoms with Gasteiger partial charge in [0.15, 0.2) is 16.7 Å². The number of carbonyl (C=O) groups is 2. The third-order valence-corrected chi connectivity index (χ3v) is 6.44. The van der Waals surface area contributed by atoms with Crippen molar-refractivity contribution in [2.45, 2.75) is 44.8 Å². The Hall–Kier alpha value is -3.53. The van der Waals surface area contributed by atoms with Crippen LogP contribution in [0.5, 0.6) is 17.2 Å². The number of nitrogens with zero attached hydrogens (tertiary/aromatic N) is 3. The molecule has 1 saturated heterocycles. The zero-order valence-electron chi connectivity index (χ0n) is 19.7. The largest absolute Gasteiger partial charge is 0.494 e. The molecule has 9 nitrogen and oxygen atoms in total. The molecule has 0 aromatic heterocycles. The monoisotopic (exact) mass is 496 g/mol. The van der Waals surface area contributed by atoms with Gasteiger partial charge < -0.3 is 19.9 Å². The number of amides is 2. The fourth-order valence-electron chi connectivity index (χ4n) is 3.65. The third-order valence-electron chi connectivity index (χ3n) is 5.47. The second kappa shape index (κ2) is 11.3. The maximum Gasteiger partial charge on any atom is 0.247 e. The number of carbonyl (C=O) groups excluding carboxylic acids is 2. The number of amidine groups is 1. The number of nitrogens with two attached hydrogens (primary N) is 1. The SMILES string of the molecule is CCCOc1ccc(N2C(=O)C[C@H](SC(N)=NN=C(C)CCc3ccc4c(c3)OCO4)C2=O)cc1. The van der Waals surface area contributed by atoms with Gasteiger partial charge >= 0.3 is 0 Å². The first-order valence-corrected chi connectivity index (χ1v) is 12.3. The quantitative estimate of drug-likeness (QED) is 0.242. The summed E-state index contributed by atoms with van der Waals surface area (Å²) in [6, 6.07) is 12.8. The van der Waals surface area contributed by atoms with Crippen LogP contribution in [0, 0.1) is 0 Å². The lowest BCUT2D eigenvalue weighted by molar-refractivity contribution is -0.121. The molecule has 0 saturated carbocycles. The Morgan fingerprint density at radius 1 is 1.14 bits per heavy atom. The van der Waals surface area contributed by atoms with Crippen molar-refractivity contribution in [3.63, 3.8) is 0 Å². The average molecular weight is 497 g/mol. The van der Waals surface area contributed by atoms with Gasteiger partial charge in [-0.25, -0.2) is 4.90 Å². The number of rotatable bonds is 9. The second-order valence-corrected chi connectivity index (χ2v) is 9.40. The molecule has 1 fully saturated rings. The van der Waals surface area contributed by atoms with Crippen molar-refractivity contribution in [1.29, 1.82) is 0 Å². The highest BCUT2D eigenvalue weighted by Crippen LogP contribution is 2.33. The van der Waals surface area contributed by atoms with Crippen molar-refractivity contribution in [2.24, 2.45) is 15.9 Å². The number of thioether (sulfide) groups is 1. The predicted molar refractivity (Wildman–Crippen MR) is 136 cm³/mol. The van der Waals surface area contributed by atoms with Gasteiger partial charge in [-0.05, 0) is 68.1 Å². The molecule has 2 amide bonds. The average Bonchev–Trinajstić information content (AvgIpc) is 3.43. The third kappa shape index (κ3) is 6.13. The lowest BCUT2D eigenvalue weighted by Crippen LogP contribution is -2.31. The Morgan fingerprint density at radius 2 is 1.91 bits per heavy atom. The normalized spacial score (nSPS) is 17.9. The fraction of sp³-hybridized carbons (Fsp3) is 0.360. The lowest BCUT2D eigenvalue weighted by Gasteiger charge is -2.15. The number of fused-ring (bicyclic) bond motifs is 1. The van der Waals surface area contributed by atoms with Crippen molar-refractivity contribution < 1.29 is 23.8 Å². The molecule has 4 rings (SSSR count). The summed E-state index contributed by atoms with van der Waals surface area (Å²) in [5, 5.41) is 7.75. The molecule has 2 heterocycles. The van der Waals surface area contributed by atoms with Crippen LogP contribution >= 0.6 is 11.8 Å². The Kier molecular flexibility index (Phi) is 7.91. The Balaban J connectivity index is 1.31. The summed E-state index contributed by atoms with van der Waals surface area (Å²) in [6.07, 6.45) is 2.41.